The molecule has 1 unspecified atom stereocenters. The van der Waals surface area contributed by atoms with Crippen molar-refractivity contribution in [1.29, 1.82) is 0 Å². The summed E-state index contributed by atoms with van der Waals surface area (Å²) in [5, 5.41) is 2.52. The number of nitrogens with one attached hydrogen (secondary N) is 1. The van der Waals surface area contributed by atoms with Crippen LogP contribution in [0, 0.1) is 0 Å². The predicted molar refractivity (Wildman–Crippen MR) is 54.5 cm³/mol. The van der Waals surface area contributed by atoms with E-state index in [4.69, 9.17) is 4.89 Å². The molecule has 0 saturated carbocycles. The molecule has 0 aromatic carbocycles. The summed E-state index contributed by atoms with van der Waals surface area (Å²) in [6.07, 6.45) is -0.316. The quantitative estimate of drug-likeness (QED) is 0.341. The molecule has 0 aliphatic heterocycles. The second kappa shape index (κ2) is 6.42. The Labute approximate surface area is 87.9 Å². The van der Waals surface area contributed by atoms with E-state index >= 15 is 0 Å². The van der Waals surface area contributed by atoms with E-state index in [1.54, 1.807) is 0 Å². The monoisotopic (exact) mass is 243 g/mol. The van der Waals surface area contributed by atoms with Gasteiger partial charge in [0, 0.05) is 12.9 Å². The lowest BCUT2D eigenvalue weighted by molar-refractivity contribution is -0.142. The lowest BCUT2D eigenvalue weighted by atomic mass is 10.3. The van der Waals surface area contributed by atoms with Gasteiger partial charge in [0.2, 0.25) is 0 Å². The highest BCUT2D eigenvalue weighted by Crippen LogP contribution is 2.38. The zero-order valence-electron chi connectivity index (χ0n) is 7.97. The van der Waals surface area contributed by atoms with Crippen molar-refractivity contribution >= 4 is 26.2 Å². The average molecular weight is 243 g/mol. The average Bonchev–Trinajstić information content (AvgIpc) is 2.18. The van der Waals surface area contributed by atoms with E-state index in [0.717, 1.165) is 7.11 Å². The maximum absolute atomic E-state index is 11.0. The number of thiol groups is 1. The Kier molecular flexibility index (Phi) is 6.39. The molecule has 2 N–H and O–H groups in total. The zero-order chi connectivity index (χ0) is 11.2. The van der Waals surface area contributed by atoms with E-state index in [2.05, 4.69) is 27.2 Å². The number of carbonyl (C=O) groups is 1. The van der Waals surface area contributed by atoms with E-state index in [9.17, 15) is 9.36 Å². The first-order chi connectivity index (χ1) is 6.46. The van der Waals surface area contributed by atoms with E-state index in [1.165, 1.54) is 7.11 Å². The molecule has 0 rings (SSSR count). The summed E-state index contributed by atoms with van der Waals surface area (Å²) in [6.45, 7) is 0. The highest BCUT2D eigenvalue weighted by molar-refractivity contribution is 7.80. The number of ether oxygens (including phenoxy) is 1. The molecule has 0 aliphatic carbocycles. The standard InChI is InChI=1S/C6H14NO5PS/c1-11-6(8)5(3-14)7-4-13(9,10)12-2/h5,7,14H,3-4H2,1-2H3,(H,9,10)/t5-/m0/s1. The predicted octanol–water partition coefficient (Wildman–Crippen LogP) is -0.163. The SMILES string of the molecule is COC(=O)[C@H](CS)NCP(=O)(O)OC. The molecule has 84 valence electrons. The van der Waals surface area contributed by atoms with Crippen molar-refractivity contribution in [3.8, 4) is 0 Å². The van der Waals surface area contributed by atoms with Gasteiger partial charge in [0.25, 0.3) is 0 Å². The molecule has 6 nitrogen and oxygen atoms in total. The van der Waals surface area contributed by atoms with Crippen molar-refractivity contribution in [1.82, 2.24) is 5.32 Å². The van der Waals surface area contributed by atoms with Gasteiger partial charge in [-0.1, -0.05) is 0 Å². The molecule has 0 radical (unpaired) electrons. The van der Waals surface area contributed by atoms with Crippen LogP contribution in [-0.2, 0) is 18.6 Å². The van der Waals surface area contributed by atoms with Crippen LogP contribution in [0.5, 0.6) is 0 Å². The first-order valence-electron chi connectivity index (χ1n) is 3.76. The van der Waals surface area contributed by atoms with Crippen molar-refractivity contribution in [3.05, 3.63) is 0 Å². The van der Waals surface area contributed by atoms with Crippen LogP contribution >= 0.6 is 20.2 Å². The Bertz CT molecular complexity index is 236. The minimum absolute atomic E-state index is 0.177. The maximum atomic E-state index is 11.0. The Morgan fingerprint density at radius 2 is 2.21 bits per heavy atom. The van der Waals surface area contributed by atoms with Crippen LogP contribution in [0.3, 0.4) is 0 Å². The summed E-state index contributed by atoms with van der Waals surface area (Å²) >= 11 is 3.89. The van der Waals surface area contributed by atoms with Crippen LogP contribution in [-0.4, -0.2) is 43.2 Å². The minimum atomic E-state index is -3.64. The Morgan fingerprint density at radius 1 is 1.64 bits per heavy atom. The molecule has 0 heterocycles. The fraction of sp³-hybridized carbons (Fsp3) is 0.833. The first-order valence-corrected chi connectivity index (χ1v) is 6.16. The third kappa shape index (κ3) is 4.97. The molecule has 0 aliphatic rings. The van der Waals surface area contributed by atoms with Crippen LogP contribution in [0.1, 0.15) is 0 Å². The topological polar surface area (TPSA) is 84.9 Å². The minimum Gasteiger partial charge on any atom is -0.468 e. The molecule has 2 atom stereocenters. The molecule has 0 saturated heterocycles. The second-order valence-electron chi connectivity index (χ2n) is 2.44. The number of esters is 1. The van der Waals surface area contributed by atoms with E-state index < -0.39 is 19.6 Å². The zero-order valence-corrected chi connectivity index (χ0v) is 9.76. The summed E-state index contributed by atoms with van der Waals surface area (Å²) < 4.78 is 19.8. The molecule has 0 amide bonds. The summed E-state index contributed by atoms with van der Waals surface area (Å²) in [5.74, 6) is -0.354. The maximum Gasteiger partial charge on any atom is 0.341 e. The lowest BCUT2D eigenvalue weighted by Gasteiger charge is -2.15. The summed E-state index contributed by atoms with van der Waals surface area (Å²) in [4.78, 5) is 20.0. The normalized spacial score (nSPS) is 17.1. The Morgan fingerprint density at radius 3 is 2.57 bits per heavy atom. The summed E-state index contributed by atoms with van der Waals surface area (Å²) in [6, 6.07) is -0.709. The highest BCUT2D eigenvalue weighted by Gasteiger charge is 2.23. The van der Waals surface area contributed by atoms with Crippen molar-refractivity contribution in [2.45, 2.75) is 6.04 Å². The van der Waals surface area contributed by atoms with E-state index in [0.29, 0.717) is 0 Å². The molecule has 0 fully saturated rings. The Hall–Kier alpha value is -0.0700. The van der Waals surface area contributed by atoms with Crippen LogP contribution in [0.4, 0.5) is 0 Å². The van der Waals surface area contributed by atoms with Gasteiger partial charge < -0.3 is 14.2 Å². The van der Waals surface area contributed by atoms with Crippen LogP contribution < -0.4 is 5.32 Å². The molecular formula is C6H14NO5PS. The van der Waals surface area contributed by atoms with Gasteiger partial charge in [-0.15, -0.1) is 0 Å². The van der Waals surface area contributed by atoms with E-state index in [1.807, 2.05) is 0 Å². The van der Waals surface area contributed by atoms with Crippen LogP contribution in [0.2, 0.25) is 0 Å². The number of methoxy groups -OCH3 is 1. The third-order valence-electron chi connectivity index (χ3n) is 1.49. The van der Waals surface area contributed by atoms with Gasteiger partial charge in [-0.25, -0.2) is 0 Å². The van der Waals surface area contributed by atoms with Crippen molar-refractivity contribution in [3.63, 3.8) is 0 Å². The Balaban J connectivity index is 4.09. The fourth-order valence-electron chi connectivity index (χ4n) is 0.655. The van der Waals surface area contributed by atoms with Gasteiger partial charge >= 0.3 is 13.6 Å². The van der Waals surface area contributed by atoms with Gasteiger partial charge in [-0.05, 0) is 0 Å². The molecule has 0 spiro atoms. The van der Waals surface area contributed by atoms with Gasteiger partial charge in [-0.3, -0.25) is 14.7 Å². The van der Waals surface area contributed by atoms with Gasteiger partial charge in [0.1, 0.15) is 6.04 Å². The van der Waals surface area contributed by atoms with Gasteiger partial charge in [0.05, 0.1) is 13.4 Å². The molecular weight excluding hydrogens is 229 g/mol. The number of hydrogen-bond acceptors (Lipinski definition) is 6. The largest absolute Gasteiger partial charge is 0.468 e. The second-order valence-corrected chi connectivity index (χ2v) is 4.76. The number of hydrogen-bond donors (Lipinski definition) is 3. The van der Waals surface area contributed by atoms with E-state index in [-0.39, 0.29) is 12.0 Å². The van der Waals surface area contributed by atoms with Crippen molar-refractivity contribution in [2.24, 2.45) is 0 Å². The number of carbonyl (C=O) groups excluding carboxylic acids is 1. The summed E-state index contributed by atoms with van der Waals surface area (Å²) in [5.41, 5.74) is 0. The molecule has 8 heteroatoms. The number of rotatable bonds is 6. The fourth-order valence-corrected chi connectivity index (χ4v) is 1.51. The lowest BCUT2D eigenvalue weighted by Crippen LogP contribution is -2.39. The molecule has 14 heavy (non-hydrogen) atoms. The van der Waals surface area contributed by atoms with Gasteiger partial charge in [-0.2, -0.15) is 12.6 Å². The van der Waals surface area contributed by atoms with Crippen molar-refractivity contribution in [2.75, 3.05) is 26.3 Å². The third-order valence-corrected chi connectivity index (χ3v) is 3.01. The molecule has 0 aromatic heterocycles. The smallest absolute Gasteiger partial charge is 0.341 e. The van der Waals surface area contributed by atoms with Crippen LogP contribution in [0.25, 0.3) is 0 Å². The summed E-state index contributed by atoms with van der Waals surface area (Å²) in [7, 11) is -1.29. The highest BCUT2D eigenvalue weighted by atomic mass is 32.1. The molecule has 0 aromatic rings. The van der Waals surface area contributed by atoms with Crippen molar-refractivity contribution < 1.29 is 23.5 Å². The van der Waals surface area contributed by atoms with Crippen LogP contribution in [0.15, 0.2) is 0 Å². The van der Waals surface area contributed by atoms with Gasteiger partial charge in [0.15, 0.2) is 0 Å². The molecule has 0 bridgehead atoms. The first kappa shape index (κ1) is 13.9.